The fraction of sp³-hybridized carbons (Fsp3) is 0.417. The molecule has 0 saturated heterocycles. The predicted octanol–water partition coefficient (Wildman–Crippen LogP) is 1.73. The average molecular weight is 263 g/mol. The molecule has 0 radical (unpaired) electrons. The Morgan fingerprint density at radius 3 is 2.74 bits per heavy atom. The van der Waals surface area contributed by atoms with Crippen molar-refractivity contribution < 1.29 is 14.5 Å². The molecule has 0 spiro atoms. The molecule has 1 aromatic rings. The summed E-state index contributed by atoms with van der Waals surface area (Å²) in [5, 5.41) is 10.6. The van der Waals surface area contributed by atoms with Gasteiger partial charge >= 0.3 is 5.97 Å². The Morgan fingerprint density at radius 1 is 1.63 bits per heavy atom. The van der Waals surface area contributed by atoms with Crippen LogP contribution in [-0.4, -0.2) is 29.5 Å². The van der Waals surface area contributed by atoms with Crippen LogP contribution >= 0.6 is 0 Å². The van der Waals surface area contributed by atoms with E-state index < -0.39 is 16.3 Å². The van der Waals surface area contributed by atoms with Crippen molar-refractivity contribution in [2.45, 2.75) is 18.8 Å². The summed E-state index contributed by atoms with van der Waals surface area (Å²) in [6.45, 7) is 8.55. The fourth-order valence-electron chi connectivity index (χ4n) is 1.66. The molecule has 0 aliphatic carbocycles. The molecule has 0 saturated carbocycles. The van der Waals surface area contributed by atoms with E-state index in [1.54, 1.807) is 6.92 Å². The van der Waals surface area contributed by atoms with Crippen LogP contribution in [0.5, 0.6) is 0 Å². The van der Waals surface area contributed by atoms with Crippen molar-refractivity contribution in [3.63, 3.8) is 0 Å². The summed E-state index contributed by atoms with van der Waals surface area (Å²) in [5.41, 5.74) is -0.872. The highest BCUT2D eigenvalue weighted by Gasteiger charge is 2.38. The number of carbonyl (C=O) groups excluding carboxylic acids is 1. The summed E-state index contributed by atoms with van der Waals surface area (Å²) in [4.78, 5) is 29.0. The van der Waals surface area contributed by atoms with E-state index in [1.165, 1.54) is 19.2 Å². The van der Waals surface area contributed by atoms with E-state index in [2.05, 4.69) is 9.83 Å². The molecular formula is C12H13N3O4. The zero-order valence-corrected chi connectivity index (χ0v) is 10.6. The van der Waals surface area contributed by atoms with Crippen molar-refractivity contribution in [2.24, 2.45) is 0 Å². The second-order valence-electron chi connectivity index (χ2n) is 4.11. The number of methoxy groups -OCH3 is 1. The average Bonchev–Trinajstić information content (AvgIpc) is 2.43. The standard InChI is InChI=1S/C12H13N3O4/c1-12(6-7-13-2,11(16)19-3)10-5-4-9(8-14-10)15(17)18/h4-5,8H,6-7H2,1,3H3. The maximum atomic E-state index is 11.9. The van der Waals surface area contributed by atoms with Gasteiger partial charge in [-0.15, -0.1) is 0 Å². The highest BCUT2D eigenvalue weighted by Crippen LogP contribution is 2.28. The minimum absolute atomic E-state index is 0.143. The number of hydrogen-bond donors (Lipinski definition) is 0. The number of nitro groups is 1. The second-order valence-corrected chi connectivity index (χ2v) is 4.11. The van der Waals surface area contributed by atoms with Gasteiger partial charge in [0.15, 0.2) is 0 Å². The zero-order valence-electron chi connectivity index (χ0n) is 10.6. The lowest BCUT2D eigenvalue weighted by atomic mass is 9.83. The van der Waals surface area contributed by atoms with Gasteiger partial charge in [-0.05, 0) is 13.0 Å². The van der Waals surface area contributed by atoms with E-state index in [0.717, 1.165) is 6.20 Å². The lowest BCUT2D eigenvalue weighted by molar-refractivity contribution is -0.385. The molecule has 7 nitrogen and oxygen atoms in total. The molecule has 0 bridgehead atoms. The third-order valence-corrected chi connectivity index (χ3v) is 2.88. The number of rotatable bonds is 5. The molecule has 1 rings (SSSR count). The third-order valence-electron chi connectivity index (χ3n) is 2.88. The number of esters is 1. The van der Waals surface area contributed by atoms with Crippen LogP contribution in [0.25, 0.3) is 4.85 Å². The molecule has 1 atom stereocenters. The predicted molar refractivity (Wildman–Crippen MR) is 66.3 cm³/mol. The highest BCUT2D eigenvalue weighted by atomic mass is 16.6. The number of ether oxygens (including phenoxy) is 1. The lowest BCUT2D eigenvalue weighted by Crippen LogP contribution is -2.35. The van der Waals surface area contributed by atoms with E-state index >= 15 is 0 Å². The smallest absolute Gasteiger partial charge is 0.317 e. The summed E-state index contributed by atoms with van der Waals surface area (Å²) >= 11 is 0. The quantitative estimate of drug-likeness (QED) is 0.349. The van der Waals surface area contributed by atoms with Gasteiger partial charge in [0.2, 0.25) is 6.54 Å². The SMILES string of the molecule is [C-]#[N+]CCC(C)(C(=O)OC)c1ccc([N+](=O)[O-])cn1. The van der Waals surface area contributed by atoms with Crippen LogP contribution in [0.4, 0.5) is 5.69 Å². The van der Waals surface area contributed by atoms with Crippen LogP contribution in [0.15, 0.2) is 18.3 Å². The molecule has 100 valence electrons. The molecule has 1 unspecified atom stereocenters. The fourth-order valence-corrected chi connectivity index (χ4v) is 1.66. The van der Waals surface area contributed by atoms with Crippen molar-refractivity contribution in [2.75, 3.05) is 13.7 Å². The first-order valence-electron chi connectivity index (χ1n) is 5.48. The van der Waals surface area contributed by atoms with Crippen LogP contribution < -0.4 is 0 Å². The van der Waals surface area contributed by atoms with Crippen LogP contribution in [0.3, 0.4) is 0 Å². The third kappa shape index (κ3) is 3.04. The maximum Gasteiger partial charge on any atom is 0.317 e. The van der Waals surface area contributed by atoms with Crippen molar-refractivity contribution in [1.82, 2.24) is 4.98 Å². The van der Waals surface area contributed by atoms with Crippen molar-refractivity contribution in [3.8, 4) is 0 Å². The summed E-state index contributed by atoms with van der Waals surface area (Å²) in [5.74, 6) is -0.516. The summed E-state index contributed by atoms with van der Waals surface area (Å²) < 4.78 is 4.73. The summed E-state index contributed by atoms with van der Waals surface area (Å²) in [6.07, 6.45) is 1.34. The first kappa shape index (κ1) is 14.6. The Kier molecular flexibility index (Phi) is 4.53. The minimum Gasteiger partial charge on any atom is -0.468 e. The van der Waals surface area contributed by atoms with Gasteiger partial charge in [-0.25, -0.2) is 6.57 Å². The van der Waals surface area contributed by atoms with Crippen LogP contribution in [0, 0.1) is 16.7 Å². The van der Waals surface area contributed by atoms with Gasteiger partial charge in [-0.3, -0.25) is 19.9 Å². The number of aromatic nitrogens is 1. The molecule has 1 heterocycles. The Hall–Kier alpha value is -2.49. The summed E-state index contributed by atoms with van der Waals surface area (Å²) in [6, 6.07) is 2.69. The topological polar surface area (TPSA) is 86.7 Å². The Balaban J connectivity index is 3.14. The maximum absolute atomic E-state index is 11.9. The molecular weight excluding hydrogens is 250 g/mol. The normalized spacial score (nSPS) is 13.1. The van der Waals surface area contributed by atoms with Crippen molar-refractivity contribution in [1.29, 1.82) is 0 Å². The van der Waals surface area contributed by atoms with Gasteiger partial charge in [0.05, 0.1) is 17.7 Å². The molecule has 0 aliphatic rings. The Bertz CT molecular complexity index is 521. The second kappa shape index (κ2) is 5.91. The molecule has 0 N–H and O–H groups in total. The van der Waals surface area contributed by atoms with Gasteiger partial charge in [0.25, 0.3) is 5.69 Å². The summed E-state index contributed by atoms with van der Waals surface area (Å²) in [7, 11) is 1.25. The lowest BCUT2D eigenvalue weighted by Gasteiger charge is -2.23. The monoisotopic (exact) mass is 263 g/mol. The molecule has 0 aliphatic heterocycles. The first-order chi connectivity index (χ1) is 8.95. The number of hydrogen-bond acceptors (Lipinski definition) is 5. The van der Waals surface area contributed by atoms with E-state index in [-0.39, 0.29) is 18.7 Å². The van der Waals surface area contributed by atoms with Gasteiger partial charge in [0.1, 0.15) is 11.6 Å². The van der Waals surface area contributed by atoms with Crippen LogP contribution in [0.2, 0.25) is 0 Å². The van der Waals surface area contributed by atoms with Gasteiger partial charge in [-0.1, -0.05) is 0 Å². The largest absolute Gasteiger partial charge is 0.468 e. The van der Waals surface area contributed by atoms with E-state index in [4.69, 9.17) is 11.3 Å². The van der Waals surface area contributed by atoms with Gasteiger partial charge in [0, 0.05) is 12.5 Å². The molecule has 0 fully saturated rings. The molecule has 1 aromatic heterocycles. The van der Waals surface area contributed by atoms with Crippen molar-refractivity contribution >= 4 is 11.7 Å². The minimum atomic E-state index is -1.07. The Labute approximate surface area is 110 Å². The van der Waals surface area contributed by atoms with E-state index in [9.17, 15) is 14.9 Å². The van der Waals surface area contributed by atoms with Crippen LogP contribution in [0.1, 0.15) is 19.0 Å². The van der Waals surface area contributed by atoms with E-state index in [1.807, 2.05) is 0 Å². The number of carbonyl (C=O) groups is 1. The first-order valence-corrected chi connectivity index (χ1v) is 5.48. The molecule has 19 heavy (non-hydrogen) atoms. The number of nitrogens with zero attached hydrogens (tertiary/aromatic N) is 3. The van der Waals surface area contributed by atoms with Gasteiger partial charge < -0.3 is 9.58 Å². The molecule has 0 amide bonds. The Morgan fingerprint density at radius 2 is 2.32 bits per heavy atom. The van der Waals surface area contributed by atoms with Crippen LogP contribution in [-0.2, 0) is 14.9 Å². The zero-order chi connectivity index (χ0) is 14.5. The van der Waals surface area contributed by atoms with Crippen molar-refractivity contribution in [3.05, 3.63) is 45.6 Å². The molecule has 0 aromatic carbocycles. The highest BCUT2D eigenvalue weighted by molar-refractivity contribution is 5.82. The number of pyridine rings is 1. The molecule has 7 heteroatoms. The van der Waals surface area contributed by atoms with Gasteiger partial charge in [-0.2, -0.15) is 0 Å². The van der Waals surface area contributed by atoms with E-state index in [0.29, 0.717) is 5.69 Å².